The van der Waals surface area contributed by atoms with E-state index in [1.54, 1.807) is 37.5 Å². The summed E-state index contributed by atoms with van der Waals surface area (Å²) in [5.41, 5.74) is 7.33. The van der Waals surface area contributed by atoms with Crippen molar-refractivity contribution >= 4 is 28.9 Å². The molecule has 0 aliphatic carbocycles. The summed E-state index contributed by atoms with van der Waals surface area (Å²) >= 11 is 6.07. The van der Waals surface area contributed by atoms with E-state index < -0.39 is 11.6 Å². The van der Waals surface area contributed by atoms with E-state index >= 15 is 0 Å². The van der Waals surface area contributed by atoms with Gasteiger partial charge in [0.1, 0.15) is 5.82 Å². The summed E-state index contributed by atoms with van der Waals surface area (Å²) in [6.45, 7) is 0.898. The van der Waals surface area contributed by atoms with Gasteiger partial charge in [-0.15, -0.1) is 0 Å². The number of nitrogens with zero attached hydrogens (tertiary/aromatic N) is 3. The topological polar surface area (TPSA) is 128 Å². The third-order valence-corrected chi connectivity index (χ3v) is 5.02. The molecule has 0 saturated heterocycles. The lowest BCUT2D eigenvalue weighted by atomic mass is 10.0. The Kier molecular flexibility index (Phi) is 7.99. The predicted molar refractivity (Wildman–Crippen MR) is 127 cm³/mol. The first-order valence-electron chi connectivity index (χ1n) is 9.97. The van der Waals surface area contributed by atoms with E-state index in [1.165, 1.54) is 12.1 Å². The number of pyridine rings is 1. The Morgan fingerprint density at radius 2 is 1.97 bits per heavy atom. The van der Waals surface area contributed by atoms with Gasteiger partial charge in [-0.25, -0.2) is 15.2 Å². The van der Waals surface area contributed by atoms with Crippen LogP contribution in [0.5, 0.6) is 5.75 Å². The highest BCUT2D eigenvalue weighted by Gasteiger charge is 2.23. The van der Waals surface area contributed by atoms with Gasteiger partial charge in [0, 0.05) is 16.8 Å². The summed E-state index contributed by atoms with van der Waals surface area (Å²) in [6.07, 6.45) is 2.17. The number of nitrogen functional groups attached to an aromatic ring is 1. The van der Waals surface area contributed by atoms with Crippen molar-refractivity contribution < 1.29 is 13.5 Å². The van der Waals surface area contributed by atoms with Gasteiger partial charge in [0.25, 0.3) is 0 Å². The molecule has 3 rings (SSSR count). The second-order valence-corrected chi connectivity index (χ2v) is 7.44. The molecule has 11 heteroatoms. The molecule has 0 atom stereocenters. The Morgan fingerprint density at radius 1 is 1.18 bits per heavy atom. The van der Waals surface area contributed by atoms with E-state index in [0.717, 1.165) is 10.6 Å². The summed E-state index contributed by atoms with van der Waals surface area (Å²) in [7, 11) is 1.79. The molecular formula is C22H24ClF2N7O. The van der Waals surface area contributed by atoms with Crippen LogP contribution in [0.4, 0.5) is 20.3 Å². The highest BCUT2D eigenvalue weighted by atomic mass is 35.5. The normalized spacial score (nSPS) is 11.5. The van der Waals surface area contributed by atoms with Crippen molar-refractivity contribution in [1.29, 1.82) is 0 Å². The average Bonchev–Trinajstić information content (AvgIpc) is 2.81. The number of hydrazone groups is 1. The second kappa shape index (κ2) is 10.9. The molecule has 0 aliphatic heterocycles. The van der Waals surface area contributed by atoms with Gasteiger partial charge in [0.15, 0.2) is 17.4 Å². The van der Waals surface area contributed by atoms with E-state index in [0.29, 0.717) is 23.6 Å². The molecule has 2 aromatic carbocycles. The maximum Gasteiger partial charge on any atom is 0.202 e. The number of hydrogen-bond donors (Lipinski definition) is 4. The number of hydrogen-bond acceptors (Lipinski definition) is 7. The number of aromatic nitrogens is 1. The predicted octanol–water partition coefficient (Wildman–Crippen LogP) is 3.25. The van der Waals surface area contributed by atoms with Gasteiger partial charge < -0.3 is 21.6 Å². The zero-order valence-electron chi connectivity index (χ0n) is 17.9. The second-order valence-electron chi connectivity index (χ2n) is 7.01. The van der Waals surface area contributed by atoms with Gasteiger partial charge in [0.05, 0.1) is 17.9 Å². The fourth-order valence-electron chi connectivity index (χ4n) is 3.11. The van der Waals surface area contributed by atoms with Crippen LogP contribution in [0.1, 0.15) is 12.0 Å². The van der Waals surface area contributed by atoms with Crippen LogP contribution >= 0.6 is 11.6 Å². The summed E-state index contributed by atoms with van der Waals surface area (Å²) in [4.78, 5) is 4.16. The number of halogens is 3. The Bertz CT molecular complexity index is 1160. The molecular weight excluding hydrogens is 452 g/mol. The Balaban J connectivity index is 1.92. The zero-order valence-corrected chi connectivity index (χ0v) is 18.6. The van der Waals surface area contributed by atoms with Crippen LogP contribution in [-0.2, 0) is 0 Å². The molecule has 0 amide bonds. The molecule has 0 aliphatic rings. The zero-order chi connectivity index (χ0) is 24.0. The third kappa shape index (κ3) is 5.48. The molecule has 0 bridgehead atoms. The molecule has 174 valence electrons. The molecule has 8 nitrogen and oxygen atoms in total. The molecule has 0 saturated carbocycles. The number of nitrogens with two attached hydrogens (primary N) is 3. The van der Waals surface area contributed by atoms with E-state index in [9.17, 15) is 8.78 Å². The van der Waals surface area contributed by atoms with Crippen LogP contribution < -0.4 is 32.5 Å². The minimum atomic E-state index is -1.22. The van der Waals surface area contributed by atoms with Gasteiger partial charge in [0.2, 0.25) is 5.82 Å². The molecule has 0 radical (unpaired) electrons. The molecule has 0 unspecified atom stereocenters. The number of hydrazine groups is 1. The summed E-state index contributed by atoms with van der Waals surface area (Å²) in [5.74, 6) is 8.94. The molecule has 33 heavy (non-hydrogen) atoms. The van der Waals surface area contributed by atoms with Gasteiger partial charge in [-0.05, 0) is 55.9 Å². The third-order valence-electron chi connectivity index (χ3n) is 4.78. The van der Waals surface area contributed by atoms with Crippen molar-refractivity contribution in [2.45, 2.75) is 6.42 Å². The van der Waals surface area contributed by atoms with Crippen molar-refractivity contribution in [2.75, 3.05) is 30.9 Å². The van der Waals surface area contributed by atoms with Gasteiger partial charge in [-0.3, -0.25) is 5.01 Å². The van der Waals surface area contributed by atoms with Crippen molar-refractivity contribution in [3.8, 4) is 16.9 Å². The van der Waals surface area contributed by atoms with Crippen LogP contribution in [0.2, 0.25) is 5.02 Å². The Morgan fingerprint density at radius 3 is 2.67 bits per heavy atom. The van der Waals surface area contributed by atoms with E-state index in [-0.39, 0.29) is 35.3 Å². The minimum Gasteiger partial charge on any atom is -0.490 e. The average molecular weight is 476 g/mol. The van der Waals surface area contributed by atoms with Crippen molar-refractivity contribution in [3.63, 3.8) is 0 Å². The van der Waals surface area contributed by atoms with Crippen LogP contribution in [0, 0.1) is 11.6 Å². The molecule has 3 aromatic rings. The first kappa shape index (κ1) is 24.2. The highest BCUT2D eigenvalue weighted by Crippen LogP contribution is 2.30. The molecule has 1 aromatic heterocycles. The number of amidine groups is 1. The summed E-state index contributed by atoms with van der Waals surface area (Å²) < 4.78 is 34.7. The lowest BCUT2D eigenvalue weighted by molar-refractivity contribution is 0.289. The highest BCUT2D eigenvalue weighted by molar-refractivity contribution is 6.30. The smallest absolute Gasteiger partial charge is 0.202 e. The van der Waals surface area contributed by atoms with E-state index in [2.05, 4.69) is 15.4 Å². The van der Waals surface area contributed by atoms with Crippen molar-refractivity contribution in [1.82, 2.24) is 10.3 Å². The summed E-state index contributed by atoms with van der Waals surface area (Å²) in [6, 6.07) is 11.3. The maximum absolute atomic E-state index is 14.8. The lowest BCUT2D eigenvalue weighted by Gasteiger charge is -2.22. The fourth-order valence-corrected chi connectivity index (χ4v) is 3.30. The fraction of sp³-hybridized carbons (Fsp3) is 0.182. The summed E-state index contributed by atoms with van der Waals surface area (Å²) in [5, 5.41) is 7.93. The van der Waals surface area contributed by atoms with Gasteiger partial charge in [-0.1, -0.05) is 23.7 Å². The lowest BCUT2D eigenvalue weighted by Crippen LogP contribution is -2.40. The Hall–Kier alpha value is -3.47. The maximum atomic E-state index is 14.8. The standard InChI is InChI=1S/C22H24ClF2N7O/c1-29-8-3-9-33-18-7-6-17(19(24)20(18)25)32(28)22(31-27)16-11-14(12-30-21(16)26)13-4-2-5-15(23)10-13/h2,4-7,10-12,29H,3,8-9,27-28H2,1H3,(H2,26,30)/b31-22-. The minimum absolute atomic E-state index is 0.0470. The number of anilines is 2. The molecule has 0 fully saturated rings. The monoisotopic (exact) mass is 475 g/mol. The molecule has 7 N–H and O–H groups in total. The number of ether oxygens (including phenoxy) is 1. The first-order chi connectivity index (χ1) is 15.9. The largest absolute Gasteiger partial charge is 0.490 e. The first-order valence-corrected chi connectivity index (χ1v) is 10.3. The van der Waals surface area contributed by atoms with Crippen molar-refractivity contribution in [3.05, 3.63) is 70.9 Å². The SMILES string of the molecule is CNCCCOc1ccc(N(N)/C(=N\N)c2cc(-c3cccc(Cl)c3)cnc2N)c(F)c1F. The molecule has 1 heterocycles. The van der Waals surface area contributed by atoms with E-state index in [4.69, 9.17) is 33.8 Å². The van der Waals surface area contributed by atoms with Crippen LogP contribution in [0.25, 0.3) is 11.1 Å². The quantitative estimate of drug-likeness (QED) is 0.129. The number of benzene rings is 2. The van der Waals surface area contributed by atoms with Crippen molar-refractivity contribution in [2.24, 2.45) is 16.8 Å². The molecule has 0 spiro atoms. The van der Waals surface area contributed by atoms with Crippen LogP contribution in [0.15, 0.2) is 53.8 Å². The number of rotatable bonds is 8. The van der Waals surface area contributed by atoms with E-state index in [1.807, 2.05) is 6.07 Å². The van der Waals surface area contributed by atoms with Gasteiger partial charge >= 0.3 is 0 Å². The van der Waals surface area contributed by atoms with Crippen LogP contribution in [-0.4, -0.2) is 31.0 Å². The number of nitrogens with one attached hydrogen (secondary N) is 1. The van der Waals surface area contributed by atoms with Crippen LogP contribution in [0.3, 0.4) is 0 Å². The van der Waals surface area contributed by atoms with Gasteiger partial charge in [-0.2, -0.15) is 9.49 Å². The Labute approximate surface area is 195 Å².